The summed E-state index contributed by atoms with van der Waals surface area (Å²) in [6.45, 7) is 1.43. The van der Waals surface area contributed by atoms with E-state index in [2.05, 4.69) is 10.3 Å². The first-order valence-corrected chi connectivity index (χ1v) is 15.6. The zero-order valence-electron chi connectivity index (χ0n) is 24.6. The van der Waals surface area contributed by atoms with E-state index in [1.54, 1.807) is 66.7 Å². The molecule has 0 radical (unpaired) electrons. The number of hydrogen-bond donors (Lipinski definition) is 1. The molecule has 12 heteroatoms. The van der Waals surface area contributed by atoms with Crippen LogP contribution in [0.4, 0.5) is 4.79 Å². The number of amides is 2. The Balaban J connectivity index is 1.50. The van der Waals surface area contributed by atoms with Crippen LogP contribution in [0.3, 0.4) is 0 Å². The summed E-state index contributed by atoms with van der Waals surface area (Å²) in [5.41, 5.74) is 1.69. The van der Waals surface area contributed by atoms with Gasteiger partial charge < -0.3 is 24.6 Å². The highest BCUT2D eigenvalue weighted by atomic mass is 32.2. The van der Waals surface area contributed by atoms with Gasteiger partial charge in [0.25, 0.3) is 5.91 Å². The molecule has 2 fully saturated rings. The molecule has 0 saturated carbocycles. The lowest BCUT2D eigenvalue weighted by molar-refractivity contribution is -0.161. The van der Waals surface area contributed by atoms with Gasteiger partial charge in [-0.15, -0.1) is 0 Å². The molecule has 230 valence electrons. The average molecular weight is 619 g/mol. The second kappa shape index (κ2) is 12.6. The van der Waals surface area contributed by atoms with Crippen LogP contribution < -0.4 is 5.32 Å². The third-order valence-corrected chi connectivity index (χ3v) is 10.5. The quantitative estimate of drug-likeness (QED) is 0.207. The Morgan fingerprint density at radius 2 is 1.64 bits per heavy atom. The molecule has 3 atom stereocenters. The number of β-lactam (4-membered cyclic amide) rings is 1. The number of likely N-dealkylation sites (N-methyl/N-ethyl adjacent to an activating group) is 1. The molecular formula is C32H34N4O7S. The molecule has 0 unspecified atom stereocenters. The molecule has 3 aromatic rings. The van der Waals surface area contributed by atoms with Gasteiger partial charge in [0, 0.05) is 19.3 Å². The van der Waals surface area contributed by atoms with E-state index in [0.29, 0.717) is 23.4 Å². The number of fused-ring (bicyclic) bond motifs is 1. The minimum Gasteiger partial charge on any atom is -0.451 e. The van der Waals surface area contributed by atoms with Gasteiger partial charge in [0.05, 0.1) is 11.3 Å². The zero-order valence-corrected chi connectivity index (χ0v) is 25.4. The Morgan fingerprint density at radius 1 is 1.02 bits per heavy atom. The molecule has 0 aliphatic carbocycles. The van der Waals surface area contributed by atoms with E-state index in [1.165, 1.54) is 19.2 Å². The van der Waals surface area contributed by atoms with Crippen LogP contribution in [-0.2, 0) is 28.9 Å². The number of pyridine rings is 1. The van der Waals surface area contributed by atoms with Crippen molar-refractivity contribution in [1.82, 2.24) is 20.1 Å². The summed E-state index contributed by atoms with van der Waals surface area (Å²) in [5.74, 6) is -1.57. The molecule has 2 saturated heterocycles. The standard InChI is InChI=1S/C32H34N4O7S/c1-32(21-42-31(39)34-18-19-35(2)3)27(30(38)43-26(22-12-6-4-7-13-22)23-14-8-5-9-15-23)36-28(37)25(29(36)44(32,40)41)20-24-16-10-11-17-33-24/h4-17,20,26-27,29H,18-19,21H2,1-3H3,(H,34,39)/t27-,29+,32-/m0/s1. The number of carbonyl (C=O) groups excluding carboxylic acids is 3. The summed E-state index contributed by atoms with van der Waals surface area (Å²) in [4.78, 5) is 47.3. The first kappa shape index (κ1) is 30.9. The van der Waals surface area contributed by atoms with E-state index in [4.69, 9.17) is 9.47 Å². The summed E-state index contributed by atoms with van der Waals surface area (Å²) in [6, 6.07) is 21.5. The Hall–Kier alpha value is -4.55. The number of esters is 1. The van der Waals surface area contributed by atoms with E-state index < -0.39 is 56.7 Å². The van der Waals surface area contributed by atoms with Crippen LogP contribution in [-0.4, -0.2) is 91.1 Å². The lowest BCUT2D eigenvalue weighted by atomic mass is 9.94. The summed E-state index contributed by atoms with van der Waals surface area (Å²) < 4.78 is 37.8. The third kappa shape index (κ3) is 5.82. The average Bonchev–Trinajstić information content (AvgIpc) is 3.18. The van der Waals surface area contributed by atoms with Gasteiger partial charge >= 0.3 is 12.1 Å². The van der Waals surface area contributed by atoms with Crippen molar-refractivity contribution >= 4 is 33.9 Å². The Bertz CT molecular complexity index is 1610. The van der Waals surface area contributed by atoms with Gasteiger partial charge in [0.15, 0.2) is 27.4 Å². The first-order valence-electron chi connectivity index (χ1n) is 14.1. The molecule has 2 amide bonds. The molecule has 2 aromatic carbocycles. The number of hydrogen-bond acceptors (Lipinski definition) is 9. The lowest BCUT2D eigenvalue weighted by Crippen LogP contribution is -2.60. The van der Waals surface area contributed by atoms with Gasteiger partial charge in [-0.3, -0.25) is 9.78 Å². The lowest BCUT2D eigenvalue weighted by Gasteiger charge is -2.39. The molecule has 1 aromatic heterocycles. The van der Waals surface area contributed by atoms with Gasteiger partial charge in [-0.05, 0) is 50.4 Å². The monoisotopic (exact) mass is 618 g/mol. The second-order valence-corrected chi connectivity index (χ2v) is 13.6. The number of ether oxygens (including phenoxy) is 2. The van der Waals surface area contributed by atoms with Crippen LogP contribution in [0.25, 0.3) is 6.08 Å². The van der Waals surface area contributed by atoms with E-state index in [-0.39, 0.29) is 12.1 Å². The predicted molar refractivity (Wildman–Crippen MR) is 163 cm³/mol. The van der Waals surface area contributed by atoms with Crippen LogP contribution in [0.15, 0.2) is 90.6 Å². The Labute approximate surface area is 256 Å². The minimum absolute atomic E-state index is 0.0247. The van der Waals surface area contributed by atoms with E-state index >= 15 is 0 Å². The fourth-order valence-electron chi connectivity index (χ4n) is 5.40. The summed E-state index contributed by atoms with van der Waals surface area (Å²) in [6.07, 6.45) is 1.20. The van der Waals surface area contributed by atoms with Gasteiger partial charge in [0.1, 0.15) is 11.4 Å². The second-order valence-electron chi connectivity index (χ2n) is 11.1. The molecule has 0 bridgehead atoms. The fraction of sp³-hybridized carbons (Fsp3) is 0.312. The molecule has 2 aliphatic rings. The number of nitrogens with zero attached hydrogens (tertiary/aromatic N) is 3. The van der Waals surface area contributed by atoms with Crippen molar-refractivity contribution in [2.45, 2.75) is 29.2 Å². The van der Waals surface area contributed by atoms with Crippen molar-refractivity contribution in [3.05, 3.63) is 107 Å². The minimum atomic E-state index is -4.32. The van der Waals surface area contributed by atoms with Crippen LogP contribution in [0.1, 0.15) is 29.8 Å². The van der Waals surface area contributed by atoms with Crippen LogP contribution in [0.2, 0.25) is 0 Å². The Kier molecular flexibility index (Phi) is 8.84. The normalized spacial score (nSPS) is 22.9. The molecule has 44 heavy (non-hydrogen) atoms. The molecule has 3 heterocycles. The van der Waals surface area contributed by atoms with Crippen molar-refractivity contribution < 1.29 is 32.3 Å². The van der Waals surface area contributed by atoms with Crippen molar-refractivity contribution in [3.63, 3.8) is 0 Å². The number of rotatable bonds is 10. The van der Waals surface area contributed by atoms with Crippen molar-refractivity contribution in [2.24, 2.45) is 0 Å². The maximum Gasteiger partial charge on any atom is 0.407 e. The van der Waals surface area contributed by atoms with Crippen LogP contribution >= 0.6 is 0 Å². The topological polar surface area (TPSA) is 135 Å². The smallest absolute Gasteiger partial charge is 0.407 e. The van der Waals surface area contributed by atoms with E-state index in [9.17, 15) is 22.8 Å². The fourth-order valence-corrected chi connectivity index (χ4v) is 7.68. The molecule has 0 spiro atoms. The van der Waals surface area contributed by atoms with Crippen molar-refractivity contribution in [1.29, 1.82) is 0 Å². The van der Waals surface area contributed by atoms with Crippen molar-refractivity contribution in [3.8, 4) is 0 Å². The highest BCUT2D eigenvalue weighted by Gasteiger charge is 2.73. The maximum absolute atomic E-state index is 14.2. The number of sulfone groups is 1. The highest BCUT2D eigenvalue weighted by Crippen LogP contribution is 2.50. The summed E-state index contributed by atoms with van der Waals surface area (Å²) in [5, 5.41) is 1.14. The number of nitrogens with one attached hydrogen (secondary N) is 1. The zero-order chi connectivity index (χ0) is 31.5. The SMILES string of the molecule is CN(C)CCNC(=O)OC[C@@]1(C)[C@H](C(=O)OC(c2ccccc2)c2ccccc2)N2C(=O)C(=Cc3ccccn3)[C@H]2S1(=O)=O. The van der Waals surface area contributed by atoms with Gasteiger partial charge in [-0.1, -0.05) is 66.7 Å². The maximum atomic E-state index is 14.2. The number of carbonyl (C=O) groups is 3. The molecular weight excluding hydrogens is 584 g/mol. The van der Waals surface area contributed by atoms with E-state index in [1.807, 2.05) is 31.1 Å². The molecule has 1 N–H and O–H groups in total. The number of alkyl carbamates (subject to hydrolysis) is 1. The summed E-state index contributed by atoms with van der Waals surface area (Å²) >= 11 is 0. The molecule has 2 aliphatic heterocycles. The molecule has 11 nitrogen and oxygen atoms in total. The van der Waals surface area contributed by atoms with Crippen molar-refractivity contribution in [2.75, 3.05) is 33.8 Å². The Morgan fingerprint density at radius 3 is 2.20 bits per heavy atom. The van der Waals surface area contributed by atoms with Crippen LogP contribution in [0.5, 0.6) is 0 Å². The largest absolute Gasteiger partial charge is 0.451 e. The summed E-state index contributed by atoms with van der Waals surface area (Å²) in [7, 11) is -0.648. The predicted octanol–water partition coefficient (Wildman–Crippen LogP) is 2.81. The third-order valence-electron chi connectivity index (χ3n) is 7.77. The number of benzene rings is 2. The first-order chi connectivity index (χ1) is 21.0. The van der Waals surface area contributed by atoms with Gasteiger partial charge in [0.2, 0.25) is 0 Å². The number of aromatic nitrogens is 1. The van der Waals surface area contributed by atoms with Gasteiger partial charge in [-0.2, -0.15) is 0 Å². The highest BCUT2D eigenvalue weighted by molar-refractivity contribution is 7.94. The van der Waals surface area contributed by atoms with Gasteiger partial charge in [-0.25, -0.2) is 18.0 Å². The molecule has 5 rings (SSSR count). The van der Waals surface area contributed by atoms with Crippen LogP contribution in [0, 0.1) is 0 Å². The van der Waals surface area contributed by atoms with E-state index in [0.717, 1.165) is 4.90 Å².